The molecule has 0 unspecified atom stereocenters. The van der Waals surface area contributed by atoms with Gasteiger partial charge in [-0.3, -0.25) is 14.0 Å². The molecule has 0 saturated heterocycles. The molecule has 1 aromatic carbocycles. The van der Waals surface area contributed by atoms with E-state index < -0.39 is 0 Å². The molecule has 0 saturated carbocycles. The minimum atomic E-state index is -0.235. The van der Waals surface area contributed by atoms with Crippen LogP contribution in [0.3, 0.4) is 0 Å². The molecule has 3 heterocycles. The summed E-state index contributed by atoms with van der Waals surface area (Å²) in [6, 6.07) is 6.53. The Morgan fingerprint density at radius 2 is 2.35 bits per heavy atom. The molecule has 1 aliphatic heterocycles. The first-order chi connectivity index (χ1) is 12.6. The Labute approximate surface area is 149 Å². The van der Waals surface area contributed by atoms with E-state index in [-0.39, 0.29) is 24.5 Å². The van der Waals surface area contributed by atoms with Crippen molar-refractivity contribution in [1.82, 2.24) is 19.7 Å². The van der Waals surface area contributed by atoms with E-state index in [0.717, 1.165) is 5.69 Å². The molecule has 8 nitrogen and oxygen atoms in total. The lowest BCUT2D eigenvalue weighted by atomic mass is 10.1. The van der Waals surface area contributed by atoms with Crippen molar-refractivity contribution in [3.63, 3.8) is 0 Å². The zero-order valence-corrected chi connectivity index (χ0v) is 14.1. The second kappa shape index (κ2) is 6.47. The molecule has 2 aromatic heterocycles. The summed E-state index contributed by atoms with van der Waals surface area (Å²) in [4.78, 5) is 32.7. The van der Waals surface area contributed by atoms with Gasteiger partial charge in [-0.25, -0.2) is 9.97 Å². The monoisotopic (exact) mass is 351 g/mol. The fourth-order valence-electron chi connectivity index (χ4n) is 2.86. The van der Waals surface area contributed by atoms with Crippen molar-refractivity contribution in [1.29, 1.82) is 0 Å². The van der Waals surface area contributed by atoms with E-state index in [0.29, 0.717) is 29.2 Å². The van der Waals surface area contributed by atoms with E-state index in [2.05, 4.69) is 20.6 Å². The number of anilines is 1. The van der Waals surface area contributed by atoms with E-state index in [1.54, 1.807) is 24.4 Å². The second-order valence-electron chi connectivity index (χ2n) is 5.97. The average Bonchev–Trinajstić information content (AvgIpc) is 3.09. The van der Waals surface area contributed by atoms with Crippen molar-refractivity contribution in [3.05, 3.63) is 54.1 Å². The highest BCUT2D eigenvalue weighted by Crippen LogP contribution is 2.28. The maximum absolute atomic E-state index is 12.6. The highest BCUT2D eigenvalue weighted by atomic mass is 16.5. The van der Waals surface area contributed by atoms with Crippen LogP contribution in [0.25, 0.3) is 5.78 Å². The number of aromatic nitrogens is 3. The molecule has 1 aliphatic rings. The van der Waals surface area contributed by atoms with Crippen LogP contribution in [0.5, 0.6) is 5.75 Å². The van der Waals surface area contributed by atoms with Crippen LogP contribution in [-0.2, 0) is 4.79 Å². The summed E-state index contributed by atoms with van der Waals surface area (Å²) in [6.45, 7) is 1.93. The van der Waals surface area contributed by atoms with E-state index in [1.807, 2.05) is 29.8 Å². The number of nitrogens with one attached hydrogen (secondary N) is 2. The van der Waals surface area contributed by atoms with Crippen molar-refractivity contribution >= 4 is 23.3 Å². The van der Waals surface area contributed by atoms with Crippen molar-refractivity contribution in [2.75, 3.05) is 11.9 Å². The van der Waals surface area contributed by atoms with Gasteiger partial charge in [-0.15, -0.1) is 0 Å². The Kier molecular flexibility index (Phi) is 4.00. The van der Waals surface area contributed by atoms with Crippen LogP contribution in [-0.4, -0.2) is 32.8 Å². The van der Waals surface area contributed by atoms with Crippen LogP contribution in [0.1, 0.15) is 35.4 Å². The third kappa shape index (κ3) is 2.97. The molecule has 1 atom stereocenters. The second-order valence-corrected chi connectivity index (χ2v) is 5.97. The zero-order chi connectivity index (χ0) is 18.1. The number of carbonyl (C=O) groups is 2. The summed E-state index contributed by atoms with van der Waals surface area (Å²) in [7, 11) is 0. The Morgan fingerprint density at radius 3 is 3.15 bits per heavy atom. The Morgan fingerprint density at radius 1 is 1.46 bits per heavy atom. The van der Waals surface area contributed by atoms with E-state index >= 15 is 0 Å². The normalized spacial score (nSPS) is 14.3. The molecule has 0 spiro atoms. The predicted molar refractivity (Wildman–Crippen MR) is 94.1 cm³/mol. The van der Waals surface area contributed by atoms with Gasteiger partial charge >= 0.3 is 0 Å². The van der Waals surface area contributed by atoms with Gasteiger partial charge in [0.2, 0.25) is 5.78 Å². The minimum Gasteiger partial charge on any atom is -0.482 e. The Hall–Kier alpha value is -3.42. The lowest BCUT2D eigenvalue weighted by Crippen LogP contribution is -2.29. The number of benzene rings is 1. The minimum absolute atomic E-state index is 0.0517. The number of fused-ring (bicyclic) bond motifs is 2. The number of hydrogen-bond donors (Lipinski definition) is 2. The quantitative estimate of drug-likeness (QED) is 0.749. The summed E-state index contributed by atoms with van der Waals surface area (Å²) in [5.41, 5.74) is 1.78. The van der Waals surface area contributed by atoms with E-state index in [4.69, 9.17) is 4.74 Å². The summed E-state index contributed by atoms with van der Waals surface area (Å²) < 4.78 is 7.19. The molecule has 0 radical (unpaired) electrons. The SMILES string of the molecule is CC[C@H](NC(=O)c1ccc2c(c1)OCC(=O)N2)c1cn2cccnc2n1. The third-order valence-corrected chi connectivity index (χ3v) is 4.20. The van der Waals surface area contributed by atoms with E-state index in [9.17, 15) is 9.59 Å². The number of amides is 2. The molecule has 2 amide bonds. The van der Waals surface area contributed by atoms with Crippen LogP contribution in [0.4, 0.5) is 5.69 Å². The molecule has 8 heteroatoms. The number of nitrogens with zero attached hydrogens (tertiary/aromatic N) is 3. The lowest BCUT2D eigenvalue weighted by molar-refractivity contribution is -0.118. The molecule has 0 fully saturated rings. The largest absolute Gasteiger partial charge is 0.482 e. The highest BCUT2D eigenvalue weighted by Gasteiger charge is 2.20. The molecule has 3 aromatic rings. The van der Waals surface area contributed by atoms with Crippen LogP contribution >= 0.6 is 0 Å². The first-order valence-electron chi connectivity index (χ1n) is 8.31. The van der Waals surface area contributed by atoms with Crippen LogP contribution in [0.15, 0.2) is 42.9 Å². The number of ether oxygens (including phenoxy) is 1. The molecular weight excluding hydrogens is 334 g/mol. The maximum Gasteiger partial charge on any atom is 0.262 e. The molecule has 0 aliphatic carbocycles. The third-order valence-electron chi connectivity index (χ3n) is 4.20. The lowest BCUT2D eigenvalue weighted by Gasteiger charge is -2.19. The first-order valence-corrected chi connectivity index (χ1v) is 8.31. The summed E-state index contributed by atoms with van der Waals surface area (Å²) >= 11 is 0. The van der Waals surface area contributed by atoms with Crippen LogP contribution < -0.4 is 15.4 Å². The van der Waals surface area contributed by atoms with Crippen molar-refractivity contribution < 1.29 is 14.3 Å². The maximum atomic E-state index is 12.6. The van der Waals surface area contributed by atoms with Gasteiger partial charge in [0.1, 0.15) is 5.75 Å². The Balaban J connectivity index is 1.55. The van der Waals surface area contributed by atoms with Gasteiger partial charge in [0, 0.05) is 24.2 Å². The molecular formula is C18H17N5O3. The van der Waals surface area contributed by atoms with Gasteiger partial charge in [0.15, 0.2) is 6.61 Å². The fourth-order valence-corrected chi connectivity index (χ4v) is 2.86. The summed E-state index contributed by atoms with van der Waals surface area (Å²) in [5.74, 6) is 0.640. The number of carbonyl (C=O) groups excluding carboxylic acids is 2. The average molecular weight is 351 g/mol. The molecule has 2 N–H and O–H groups in total. The van der Waals surface area contributed by atoms with Gasteiger partial charge in [0.25, 0.3) is 11.8 Å². The molecule has 132 valence electrons. The van der Waals surface area contributed by atoms with Gasteiger partial charge < -0.3 is 15.4 Å². The fraction of sp³-hybridized carbons (Fsp3) is 0.222. The number of hydrogen-bond acceptors (Lipinski definition) is 5. The standard InChI is InChI=1S/C18H17N5O3/c1-2-12(14-9-23-7-3-6-19-18(23)22-14)21-17(25)11-4-5-13-15(8-11)26-10-16(24)20-13/h3-9,12H,2,10H2,1H3,(H,20,24)(H,21,25)/t12-/m0/s1. The van der Waals surface area contributed by atoms with Crippen molar-refractivity contribution in [2.45, 2.75) is 19.4 Å². The van der Waals surface area contributed by atoms with Crippen LogP contribution in [0.2, 0.25) is 0 Å². The molecule has 0 bridgehead atoms. The number of imidazole rings is 1. The van der Waals surface area contributed by atoms with Crippen molar-refractivity contribution in [3.8, 4) is 5.75 Å². The summed E-state index contributed by atoms with van der Waals surface area (Å²) in [6.07, 6.45) is 6.09. The predicted octanol–water partition coefficient (Wildman–Crippen LogP) is 1.94. The molecule has 26 heavy (non-hydrogen) atoms. The summed E-state index contributed by atoms with van der Waals surface area (Å²) in [5, 5.41) is 5.69. The van der Waals surface area contributed by atoms with Gasteiger partial charge in [-0.2, -0.15) is 0 Å². The van der Waals surface area contributed by atoms with Crippen molar-refractivity contribution in [2.24, 2.45) is 0 Å². The first kappa shape index (κ1) is 16.1. The van der Waals surface area contributed by atoms with Gasteiger partial charge in [-0.1, -0.05) is 6.92 Å². The van der Waals surface area contributed by atoms with E-state index in [1.165, 1.54) is 0 Å². The topological polar surface area (TPSA) is 97.6 Å². The number of rotatable bonds is 4. The smallest absolute Gasteiger partial charge is 0.262 e. The van der Waals surface area contributed by atoms with Crippen LogP contribution in [0, 0.1) is 0 Å². The van der Waals surface area contributed by atoms with Gasteiger partial charge in [-0.05, 0) is 30.7 Å². The molecule has 4 rings (SSSR count). The highest BCUT2D eigenvalue weighted by molar-refractivity contribution is 5.99. The van der Waals surface area contributed by atoms with Gasteiger partial charge in [0.05, 0.1) is 17.4 Å². The Bertz CT molecular complexity index is 964. The zero-order valence-electron chi connectivity index (χ0n) is 14.1.